The summed E-state index contributed by atoms with van der Waals surface area (Å²) >= 11 is 0. The number of hydrogen-bond acceptors (Lipinski definition) is 12. The van der Waals surface area contributed by atoms with E-state index in [0.29, 0.717) is 0 Å². The quantitative estimate of drug-likeness (QED) is 0.228. The zero-order valence-corrected chi connectivity index (χ0v) is 10.8. The first-order valence-corrected chi connectivity index (χ1v) is 6.00. The van der Waals surface area contributed by atoms with Gasteiger partial charge in [-0.05, 0) is 0 Å². The first-order chi connectivity index (χ1) is 6.00. The van der Waals surface area contributed by atoms with Crippen LogP contribution in [0.4, 0.5) is 0 Å². The van der Waals surface area contributed by atoms with Crippen molar-refractivity contribution in [2.75, 3.05) is 0 Å². The van der Waals surface area contributed by atoms with E-state index in [1.165, 1.54) is 0 Å². The van der Waals surface area contributed by atoms with Gasteiger partial charge in [0.1, 0.15) is 0 Å². The molecule has 0 fully saturated rings. The van der Waals surface area contributed by atoms with Gasteiger partial charge in [-0.15, -0.1) is 0 Å². The Hall–Kier alpha value is 0.102. The van der Waals surface area contributed by atoms with Crippen molar-refractivity contribution in [3.05, 3.63) is 0 Å². The number of rotatable bonds is 0. The van der Waals surface area contributed by atoms with Gasteiger partial charge in [0.05, 0.1) is 0 Å². The summed E-state index contributed by atoms with van der Waals surface area (Å²) in [6.45, 7) is 0. The monoisotopic (exact) mass is 333 g/mol. The fourth-order valence-electron chi connectivity index (χ4n) is 0. The SMILES string of the molecule is O.O=S(=O)([O-])[O-].O=S(=O)([O-])[O-].O=S(=O)([O-])[O-].[Al+3]. The van der Waals surface area contributed by atoms with Crippen molar-refractivity contribution in [1.82, 2.24) is 0 Å². The summed E-state index contributed by atoms with van der Waals surface area (Å²) in [5, 5.41) is 0. The van der Waals surface area contributed by atoms with E-state index in [1.54, 1.807) is 0 Å². The Balaban J connectivity index is -0.0000000400. The van der Waals surface area contributed by atoms with Crippen LogP contribution in [-0.2, 0) is 31.2 Å². The van der Waals surface area contributed by atoms with Gasteiger partial charge in [0, 0.05) is 31.2 Å². The third kappa shape index (κ3) is 305000. The minimum absolute atomic E-state index is 0. The van der Waals surface area contributed by atoms with Crippen LogP contribution < -0.4 is 0 Å². The molecule has 0 amide bonds. The molecule has 0 aliphatic rings. The van der Waals surface area contributed by atoms with Gasteiger partial charge in [-0.25, -0.2) is 0 Å². The van der Waals surface area contributed by atoms with Crippen molar-refractivity contribution >= 4 is 48.6 Å². The van der Waals surface area contributed by atoms with E-state index in [-0.39, 0.29) is 22.8 Å². The zero-order chi connectivity index (χ0) is 13.5. The Morgan fingerprint density at radius 3 is 0.471 bits per heavy atom. The summed E-state index contributed by atoms with van der Waals surface area (Å²) < 4.78 is 102. The maximum atomic E-state index is 8.52. The van der Waals surface area contributed by atoms with E-state index in [1.807, 2.05) is 0 Å². The van der Waals surface area contributed by atoms with E-state index in [2.05, 4.69) is 0 Å². The van der Waals surface area contributed by atoms with Crippen molar-refractivity contribution in [3.63, 3.8) is 0 Å². The van der Waals surface area contributed by atoms with Gasteiger partial charge >= 0.3 is 17.4 Å². The van der Waals surface area contributed by atoms with E-state index in [4.69, 9.17) is 52.6 Å². The summed E-state index contributed by atoms with van der Waals surface area (Å²) in [5.74, 6) is 0. The summed E-state index contributed by atoms with van der Waals surface area (Å²) in [5.41, 5.74) is 0. The molecule has 104 valence electrons. The number of hydrogen-bond donors (Lipinski definition) is 0. The fraction of sp³-hybridized carbons (Fsp3) is 0. The Kier molecular flexibility index (Phi) is 20.0. The Morgan fingerprint density at radius 2 is 0.471 bits per heavy atom. The molecule has 0 atom stereocenters. The van der Waals surface area contributed by atoms with Crippen LogP contribution in [0, 0.1) is 0 Å². The Labute approximate surface area is 107 Å². The molecule has 0 aromatic rings. The smallest absolute Gasteiger partial charge is 0.759 e. The molecule has 0 rings (SSSR count). The van der Waals surface area contributed by atoms with Gasteiger partial charge in [-0.2, -0.15) is 0 Å². The molecule has 0 radical (unpaired) electrons. The van der Waals surface area contributed by atoms with Gasteiger partial charge in [-0.3, -0.25) is 25.3 Å². The van der Waals surface area contributed by atoms with Crippen LogP contribution >= 0.6 is 0 Å². The van der Waals surface area contributed by atoms with Gasteiger partial charge in [0.15, 0.2) is 0 Å². The minimum atomic E-state index is -5.17. The van der Waals surface area contributed by atoms with E-state index < -0.39 is 31.2 Å². The standard InChI is InChI=1S/Al.3H2O4S.H2O/c;3*1-5(2,3)4;/h;3*(H2,1,2,3,4);1H2/q+3;;;;/p-6. The van der Waals surface area contributed by atoms with Crippen molar-refractivity contribution in [2.45, 2.75) is 0 Å². The van der Waals surface area contributed by atoms with Crippen molar-refractivity contribution in [3.8, 4) is 0 Å². The van der Waals surface area contributed by atoms with Crippen LogP contribution in [0.1, 0.15) is 0 Å². The van der Waals surface area contributed by atoms with Crippen LogP contribution in [0.5, 0.6) is 0 Å². The molecule has 0 bridgehead atoms. The first kappa shape index (κ1) is 30.3. The average molecular weight is 333 g/mol. The Morgan fingerprint density at radius 1 is 0.471 bits per heavy atom. The molecule has 0 aliphatic carbocycles. The van der Waals surface area contributed by atoms with E-state index in [0.717, 1.165) is 0 Å². The van der Waals surface area contributed by atoms with Crippen molar-refractivity contribution < 1.29 is 58.0 Å². The van der Waals surface area contributed by atoms with Crippen molar-refractivity contribution in [2.24, 2.45) is 0 Å². The van der Waals surface area contributed by atoms with Gasteiger partial charge in [-0.1, -0.05) is 0 Å². The molecule has 13 nitrogen and oxygen atoms in total. The summed E-state index contributed by atoms with van der Waals surface area (Å²) in [6.07, 6.45) is 0. The molecular weight excluding hydrogens is 331 g/mol. The molecule has 17 heteroatoms. The molecule has 0 aromatic carbocycles. The second-order valence-electron chi connectivity index (χ2n) is 1.22. The third-order valence-electron chi connectivity index (χ3n) is 0. The molecule has 0 saturated carbocycles. The molecule has 0 heterocycles. The normalized spacial score (nSPS) is 10.2. The first-order valence-electron chi connectivity index (χ1n) is 2.00. The predicted molar refractivity (Wildman–Crippen MR) is 40.8 cm³/mol. The van der Waals surface area contributed by atoms with E-state index >= 15 is 0 Å². The average Bonchev–Trinajstić information content (AvgIpc) is 1.41. The molecule has 17 heavy (non-hydrogen) atoms. The zero-order valence-electron chi connectivity index (χ0n) is 7.20. The molecule has 0 aromatic heterocycles. The van der Waals surface area contributed by atoms with Crippen LogP contribution in [0.2, 0.25) is 0 Å². The largest absolute Gasteiger partial charge is 3.00 e. The topological polar surface area (TPSA) is 272 Å². The second-order valence-corrected chi connectivity index (χ2v) is 3.67. The van der Waals surface area contributed by atoms with Crippen molar-refractivity contribution in [1.29, 1.82) is 0 Å². The summed E-state index contributed by atoms with van der Waals surface area (Å²) in [6, 6.07) is 0. The van der Waals surface area contributed by atoms with E-state index in [9.17, 15) is 0 Å². The van der Waals surface area contributed by atoms with Crippen LogP contribution in [-0.4, -0.2) is 75.4 Å². The fourth-order valence-corrected chi connectivity index (χ4v) is 0. The maximum absolute atomic E-state index is 8.52. The Bertz CT molecular complexity index is 338. The minimum Gasteiger partial charge on any atom is -0.759 e. The van der Waals surface area contributed by atoms with Crippen LogP contribution in [0.25, 0.3) is 0 Å². The van der Waals surface area contributed by atoms with Crippen LogP contribution in [0.3, 0.4) is 0 Å². The van der Waals surface area contributed by atoms with Crippen LogP contribution in [0.15, 0.2) is 0 Å². The predicted octanol–water partition coefficient (Wildman–Crippen LogP) is -5.22. The maximum Gasteiger partial charge on any atom is 3.00 e. The summed E-state index contributed by atoms with van der Waals surface area (Å²) in [4.78, 5) is 0. The third-order valence-corrected chi connectivity index (χ3v) is 0. The van der Waals surface area contributed by atoms with Gasteiger partial charge in [0.25, 0.3) is 0 Å². The molecule has 0 saturated heterocycles. The molecule has 2 N–H and O–H groups in total. The molecule has 0 spiro atoms. The molecule has 0 unspecified atom stereocenters. The summed E-state index contributed by atoms with van der Waals surface area (Å²) in [7, 11) is -15.5. The second kappa shape index (κ2) is 11.2. The molecular formula is H2AlO13S3-3. The van der Waals surface area contributed by atoms with Gasteiger partial charge in [0.2, 0.25) is 0 Å². The van der Waals surface area contributed by atoms with Gasteiger partial charge < -0.3 is 32.8 Å². The molecule has 0 aliphatic heterocycles.